The summed E-state index contributed by atoms with van der Waals surface area (Å²) in [6.07, 6.45) is 5.87. The lowest BCUT2D eigenvalue weighted by Gasteiger charge is -1.97. The third-order valence-electron chi connectivity index (χ3n) is 2.61. The van der Waals surface area contributed by atoms with Gasteiger partial charge in [-0.15, -0.1) is 10.2 Å². The molecule has 2 aromatic rings. The first-order valence-corrected chi connectivity index (χ1v) is 5.90. The van der Waals surface area contributed by atoms with E-state index < -0.39 is 0 Å². The summed E-state index contributed by atoms with van der Waals surface area (Å²) in [5.41, 5.74) is 0.965. The number of hydrogen-bond donors (Lipinski definition) is 0. The molecule has 4 heteroatoms. The highest BCUT2D eigenvalue weighted by atomic mass is 127. The molecule has 3 nitrogen and oxygen atoms in total. The number of fused-ring (bicyclic) bond motifs is 1. The van der Waals surface area contributed by atoms with Gasteiger partial charge in [0.05, 0.1) is 0 Å². The molecule has 0 N–H and O–H groups in total. The van der Waals surface area contributed by atoms with Crippen LogP contribution >= 0.6 is 22.6 Å². The molecule has 72 valence electrons. The lowest BCUT2D eigenvalue weighted by molar-refractivity contribution is 0.758. The first-order chi connectivity index (χ1) is 6.83. The Morgan fingerprint density at radius 3 is 3.07 bits per heavy atom. The second kappa shape index (κ2) is 3.18. The average molecular weight is 299 g/mol. The Hall–Kier alpha value is -0.650. The maximum atomic E-state index is 4.23. The predicted octanol–water partition coefficient (Wildman–Crippen LogP) is 2.29. The average Bonchev–Trinajstić information content (AvgIpc) is 2.89. The van der Waals surface area contributed by atoms with Gasteiger partial charge in [-0.25, -0.2) is 0 Å². The quantitative estimate of drug-likeness (QED) is 0.796. The Morgan fingerprint density at radius 2 is 2.29 bits per heavy atom. The van der Waals surface area contributed by atoms with Crippen molar-refractivity contribution < 1.29 is 0 Å². The lowest BCUT2D eigenvalue weighted by atomic mass is 10.3. The van der Waals surface area contributed by atoms with Crippen molar-refractivity contribution in [3.63, 3.8) is 0 Å². The topological polar surface area (TPSA) is 30.2 Å². The highest BCUT2D eigenvalue weighted by Gasteiger charge is 2.23. The van der Waals surface area contributed by atoms with Crippen LogP contribution in [0, 0.1) is 9.49 Å². The normalized spacial score (nSPS) is 16.4. The summed E-state index contributed by atoms with van der Waals surface area (Å²) in [5, 5.41) is 8.39. The number of halogens is 1. The van der Waals surface area contributed by atoms with Crippen molar-refractivity contribution >= 4 is 28.2 Å². The first-order valence-electron chi connectivity index (χ1n) is 4.82. The summed E-state index contributed by atoms with van der Waals surface area (Å²) in [7, 11) is 0. The van der Waals surface area contributed by atoms with Gasteiger partial charge < -0.3 is 0 Å². The van der Waals surface area contributed by atoms with Gasteiger partial charge in [-0.05, 0) is 53.5 Å². The standard InChI is InChI=1S/C10H10IN3/c11-8-3-4-14-9(5-7-1-2-7)12-13-10(14)6-8/h3-4,6-7H,1-2,5H2. The van der Waals surface area contributed by atoms with Crippen LogP contribution in [0.2, 0.25) is 0 Å². The molecule has 0 radical (unpaired) electrons. The molecule has 1 aliphatic carbocycles. The zero-order chi connectivity index (χ0) is 9.54. The van der Waals surface area contributed by atoms with Crippen molar-refractivity contribution in [1.29, 1.82) is 0 Å². The Labute approximate surface area is 95.7 Å². The Bertz CT molecular complexity index is 473. The van der Waals surface area contributed by atoms with Crippen LogP contribution in [0.3, 0.4) is 0 Å². The zero-order valence-corrected chi connectivity index (χ0v) is 9.81. The molecule has 2 aromatic heterocycles. The number of rotatable bonds is 2. The second-order valence-electron chi connectivity index (χ2n) is 3.84. The van der Waals surface area contributed by atoms with Crippen LogP contribution in [0.25, 0.3) is 5.65 Å². The van der Waals surface area contributed by atoms with Gasteiger partial charge >= 0.3 is 0 Å². The number of hydrogen-bond acceptors (Lipinski definition) is 2. The van der Waals surface area contributed by atoms with Crippen molar-refractivity contribution in [1.82, 2.24) is 14.6 Å². The van der Waals surface area contributed by atoms with E-state index in [1.807, 2.05) is 0 Å². The number of aromatic nitrogens is 3. The van der Waals surface area contributed by atoms with E-state index in [0.29, 0.717) is 0 Å². The van der Waals surface area contributed by atoms with E-state index in [9.17, 15) is 0 Å². The van der Waals surface area contributed by atoms with Crippen molar-refractivity contribution in [2.24, 2.45) is 5.92 Å². The predicted molar refractivity (Wildman–Crippen MR) is 62.1 cm³/mol. The van der Waals surface area contributed by atoms with E-state index >= 15 is 0 Å². The van der Waals surface area contributed by atoms with Crippen LogP contribution in [0.5, 0.6) is 0 Å². The van der Waals surface area contributed by atoms with Crippen molar-refractivity contribution in [2.75, 3.05) is 0 Å². The Balaban J connectivity index is 2.06. The first kappa shape index (κ1) is 8.64. The van der Waals surface area contributed by atoms with Gasteiger partial charge in [-0.1, -0.05) is 0 Å². The van der Waals surface area contributed by atoms with E-state index in [4.69, 9.17) is 0 Å². The van der Waals surface area contributed by atoms with E-state index in [0.717, 1.165) is 23.8 Å². The fraction of sp³-hybridized carbons (Fsp3) is 0.400. The molecular formula is C10H10IN3. The van der Waals surface area contributed by atoms with E-state index in [2.05, 4.69) is 55.5 Å². The fourth-order valence-electron chi connectivity index (χ4n) is 1.63. The minimum Gasteiger partial charge on any atom is -0.286 e. The SMILES string of the molecule is Ic1ccn2c(CC3CC3)nnc2c1. The van der Waals surface area contributed by atoms with Gasteiger partial charge in [-0.2, -0.15) is 0 Å². The van der Waals surface area contributed by atoms with Crippen LogP contribution in [-0.2, 0) is 6.42 Å². The maximum absolute atomic E-state index is 4.23. The summed E-state index contributed by atoms with van der Waals surface area (Å²) in [6.45, 7) is 0. The van der Waals surface area contributed by atoms with Gasteiger partial charge in [0.25, 0.3) is 0 Å². The molecule has 0 aliphatic heterocycles. The van der Waals surface area contributed by atoms with Gasteiger partial charge in [0.15, 0.2) is 5.65 Å². The molecule has 0 saturated heterocycles. The number of pyridine rings is 1. The lowest BCUT2D eigenvalue weighted by Crippen LogP contribution is -1.95. The molecule has 0 amide bonds. The van der Waals surface area contributed by atoms with E-state index in [1.165, 1.54) is 16.4 Å². The highest BCUT2D eigenvalue weighted by molar-refractivity contribution is 14.1. The fourth-order valence-corrected chi connectivity index (χ4v) is 2.07. The summed E-state index contributed by atoms with van der Waals surface area (Å²) >= 11 is 2.29. The molecule has 1 saturated carbocycles. The third-order valence-corrected chi connectivity index (χ3v) is 3.28. The largest absolute Gasteiger partial charge is 0.286 e. The molecule has 0 spiro atoms. The van der Waals surface area contributed by atoms with Gasteiger partial charge in [-0.3, -0.25) is 4.40 Å². The molecule has 1 fully saturated rings. The summed E-state index contributed by atoms with van der Waals surface area (Å²) in [5.74, 6) is 1.97. The van der Waals surface area contributed by atoms with Gasteiger partial charge in [0, 0.05) is 16.2 Å². The van der Waals surface area contributed by atoms with Crippen molar-refractivity contribution in [3.8, 4) is 0 Å². The smallest absolute Gasteiger partial charge is 0.161 e. The molecule has 0 aromatic carbocycles. The molecule has 1 aliphatic rings. The molecule has 0 unspecified atom stereocenters. The van der Waals surface area contributed by atoms with E-state index in [-0.39, 0.29) is 0 Å². The van der Waals surface area contributed by atoms with E-state index in [1.54, 1.807) is 0 Å². The second-order valence-corrected chi connectivity index (χ2v) is 5.08. The summed E-state index contributed by atoms with van der Waals surface area (Å²) < 4.78 is 3.31. The molecule has 3 rings (SSSR count). The van der Waals surface area contributed by atoms with Crippen LogP contribution in [0.15, 0.2) is 18.3 Å². The Morgan fingerprint density at radius 1 is 1.43 bits per heavy atom. The van der Waals surface area contributed by atoms with Crippen LogP contribution < -0.4 is 0 Å². The van der Waals surface area contributed by atoms with Crippen LogP contribution in [-0.4, -0.2) is 14.6 Å². The molecule has 0 bridgehead atoms. The number of nitrogens with zero attached hydrogens (tertiary/aromatic N) is 3. The molecular weight excluding hydrogens is 289 g/mol. The third kappa shape index (κ3) is 1.51. The summed E-state index contributed by atoms with van der Waals surface area (Å²) in [4.78, 5) is 0. The highest BCUT2D eigenvalue weighted by Crippen LogP contribution is 2.32. The summed E-state index contributed by atoms with van der Waals surface area (Å²) in [6, 6.07) is 4.15. The molecule has 14 heavy (non-hydrogen) atoms. The molecule has 0 atom stereocenters. The monoisotopic (exact) mass is 299 g/mol. The minimum atomic E-state index is 0.863. The Kier molecular flexibility index (Phi) is 1.97. The van der Waals surface area contributed by atoms with Gasteiger partial charge in [0.2, 0.25) is 0 Å². The minimum absolute atomic E-state index is 0.863. The molecule has 2 heterocycles. The van der Waals surface area contributed by atoms with Crippen molar-refractivity contribution in [2.45, 2.75) is 19.3 Å². The zero-order valence-electron chi connectivity index (χ0n) is 7.65. The van der Waals surface area contributed by atoms with Crippen molar-refractivity contribution in [3.05, 3.63) is 27.7 Å². The maximum Gasteiger partial charge on any atom is 0.161 e. The van der Waals surface area contributed by atoms with Crippen LogP contribution in [0.1, 0.15) is 18.7 Å². The van der Waals surface area contributed by atoms with Gasteiger partial charge in [0.1, 0.15) is 5.82 Å². The van der Waals surface area contributed by atoms with Crippen LogP contribution in [0.4, 0.5) is 0 Å².